The van der Waals surface area contributed by atoms with Gasteiger partial charge in [-0.1, -0.05) is 12.1 Å². The number of hydrogen-bond donors (Lipinski definition) is 2. The molecule has 1 heterocycles. The van der Waals surface area contributed by atoms with Crippen LogP contribution in [0.5, 0.6) is 5.75 Å². The first-order valence-electron chi connectivity index (χ1n) is 5.40. The summed E-state index contributed by atoms with van der Waals surface area (Å²) in [5.74, 6) is 0.913. The number of nitrogens with one attached hydrogen (secondary N) is 2. The molecule has 1 aliphatic heterocycles. The molecular formula is C12H18N2O. The first-order chi connectivity index (χ1) is 7.29. The molecule has 0 aliphatic carbocycles. The normalized spacial score (nSPS) is 18.3. The number of methoxy groups -OCH3 is 1. The minimum atomic E-state index is 0.406. The van der Waals surface area contributed by atoms with Crippen molar-refractivity contribution in [2.75, 3.05) is 20.2 Å². The highest BCUT2D eigenvalue weighted by molar-refractivity contribution is 5.28. The van der Waals surface area contributed by atoms with Gasteiger partial charge in [0.25, 0.3) is 0 Å². The summed E-state index contributed by atoms with van der Waals surface area (Å²) in [4.78, 5) is 0. The first kappa shape index (κ1) is 10.5. The van der Waals surface area contributed by atoms with Crippen LogP contribution in [-0.2, 0) is 0 Å². The van der Waals surface area contributed by atoms with E-state index in [2.05, 4.69) is 29.7 Å². The predicted octanol–water partition coefficient (Wildman–Crippen LogP) is 1.32. The molecule has 82 valence electrons. The van der Waals surface area contributed by atoms with E-state index in [1.807, 2.05) is 12.1 Å². The van der Waals surface area contributed by atoms with Crippen molar-refractivity contribution in [3.05, 3.63) is 29.8 Å². The van der Waals surface area contributed by atoms with Gasteiger partial charge in [-0.25, -0.2) is 0 Å². The summed E-state index contributed by atoms with van der Waals surface area (Å²) in [6.45, 7) is 4.36. The monoisotopic (exact) mass is 206 g/mol. The van der Waals surface area contributed by atoms with Crippen molar-refractivity contribution in [1.82, 2.24) is 10.6 Å². The Hall–Kier alpha value is -1.06. The van der Waals surface area contributed by atoms with Crippen LogP contribution < -0.4 is 15.4 Å². The summed E-state index contributed by atoms with van der Waals surface area (Å²) in [6, 6.07) is 9.27. The van der Waals surface area contributed by atoms with Gasteiger partial charge in [-0.15, -0.1) is 0 Å². The molecule has 3 nitrogen and oxygen atoms in total. The van der Waals surface area contributed by atoms with Crippen LogP contribution in [0.1, 0.15) is 18.5 Å². The molecule has 0 bridgehead atoms. The van der Waals surface area contributed by atoms with E-state index in [4.69, 9.17) is 4.74 Å². The maximum atomic E-state index is 5.13. The molecule has 3 heteroatoms. The average Bonchev–Trinajstić information content (AvgIpc) is 2.23. The summed E-state index contributed by atoms with van der Waals surface area (Å²) in [7, 11) is 1.69. The van der Waals surface area contributed by atoms with Crippen LogP contribution in [0.15, 0.2) is 24.3 Å². The van der Waals surface area contributed by atoms with Crippen molar-refractivity contribution < 1.29 is 4.74 Å². The van der Waals surface area contributed by atoms with Gasteiger partial charge >= 0.3 is 0 Å². The topological polar surface area (TPSA) is 33.3 Å². The molecule has 0 radical (unpaired) electrons. The Morgan fingerprint density at radius 3 is 2.47 bits per heavy atom. The summed E-state index contributed by atoms with van der Waals surface area (Å²) >= 11 is 0. The highest BCUT2D eigenvalue weighted by Gasteiger charge is 2.18. The second kappa shape index (κ2) is 4.64. The van der Waals surface area contributed by atoms with E-state index in [9.17, 15) is 0 Å². The lowest BCUT2D eigenvalue weighted by molar-refractivity contribution is 0.338. The summed E-state index contributed by atoms with van der Waals surface area (Å²) < 4.78 is 5.13. The molecule has 0 unspecified atom stereocenters. The molecule has 15 heavy (non-hydrogen) atoms. The van der Waals surface area contributed by atoms with E-state index in [0.29, 0.717) is 12.1 Å². The van der Waals surface area contributed by atoms with Gasteiger partial charge in [0.15, 0.2) is 0 Å². The molecule has 1 fully saturated rings. The first-order valence-corrected chi connectivity index (χ1v) is 5.40. The molecule has 1 aromatic rings. The Morgan fingerprint density at radius 2 is 2.00 bits per heavy atom. The average molecular weight is 206 g/mol. The van der Waals surface area contributed by atoms with E-state index in [1.54, 1.807) is 7.11 Å². The van der Waals surface area contributed by atoms with Gasteiger partial charge in [0.1, 0.15) is 5.75 Å². The van der Waals surface area contributed by atoms with Crippen LogP contribution in [0.4, 0.5) is 0 Å². The molecular weight excluding hydrogens is 188 g/mol. The van der Waals surface area contributed by atoms with Gasteiger partial charge in [-0.3, -0.25) is 0 Å². The Kier molecular flexibility index (Phi) is 3.23. The third-order valence-electron chi connectivity index (χ3n) is 2.88. The number of benzene rings is 1. The Labute approximate surface area is 90.8 Å². The fraction of sp³-hybridized carbons (Fsp3) is 0.500. The highest BCUT2D eigenvalue weighted by atomic mass is 16.5. The molecule has 2 rings (SSSR count). The van der Waals surface area contributed by atoms with Gasteiger partial charge in [-0.05, 0) is 24.6 Å². The lowest BCUT2D eigenvalue weighted by Gasteiger charge is -2.31. The fourth-order valence-electron chi connectivity index (χ4n) is 1.75. The van der Waals surface area contributed by atoms with Crippen molar-refractivity contribution in [3.63, 3.8) is 0 Å². The van der Waals surface area contributed by atoms with E-state index in [0.717, 1.165) is 18.8 Å². The van der Waals surface area contributed by atoms with Gasteiger partial charge in [0.2, 0.25) is 0 Å². The molecule has 0 spiro atoms. The zero-order valence-corrected chi connectivity index (χ0v) is 9.29. The predicted molar refractivity (Wildman–Crippen MR) is 61.2 cm³/mol. The van der Waals surface area contributed by atoms with Gasteiger partial charge in [0.05, 0.1) is 7.11 Å². The van der Waals surface area contributed by atoms with Crippen molar-refractivity contribution >= 4 is 0 Å². The van der Waals surface area contributed by atoms with E-state index < -0.39 is 0 Å². The largest absolute Gasteiger partial charge is 0.497 e. The number of hydrogen-bond acceptors (Lipinski definition) is 3. The van der Waals surface area contributed by atoms with Crippen LogP contribution in [0.25, 0.3) is 0 Å². The van der Waals surface area contributed by atoms with Gasteiger partial charge in [-0.2, -0.15) is 0 Å². The number of rotatable bonds is 4. The zero-order valence-electron chi connectivity index (χ0n) is 9.29. The third kappa shape index (κ3) is 2.49. The SMILES string of the molecule is COc1ccc([C@H](C)NC2CNC2)cc1. The molecule has 0 saturated carbocycles. The molecule has 1 atom stereocenters. The summed E-state index contributed by atoms with van der Waals surface area (Å²) in [5.41, 5.74) is 1.31. The van der Waals surface area contributed by atoms with Crippen molar-refractivity contribution in [2.24, 2.45) is 0 Å². The quantitative estimate of drug-likeness (QED) is 0.779. The Balaban J connectivity index is 1.94. The molecule has 1 aliphatic rings. The summed E-state index contributed by atoms with van der Waals surface area (Å²) in [5, 5.41) is 6.82. The van der Waals surface area contributed by atoms with E-state index in [1.165, 1.54) is 5.56 Å². The third-order valence-corrected chi connectivity index (χ3v) is 2.88. The Bertz CT molecular complexity index is 306. The number of ether oxygens (including phenoxy) is 1. The maximum Gasteiger partial charge on any atom is 0.118 e. The van der Waals surface area contributed by atoms with Crippen LogP contribution in [-0.4, -0.2) is 26.2 Å². The van der Waals surface area contributed by atoms with Gasteiger partial charge in [0, 0.05) is 25.2 Å². The van der Waals surface area contributed by atoms with Gasteiger partial charge < -0.3 is 15.4 Å². The molecule has 0 aromatic heterocycles. The fourth-order valence-corrected chi connectivity index (χ4v) is 1.75. The minimum Gasteiger partial charge on any atom is -0.497 e. The van der Waals surface area contributed by atoms with Crippen LogP contribution >= 0.6 is 0 Å². The maximum absolute atomic E-state index is 5.13. The lowest BCUT2D eigenvalue weighted by atomic mass is 10.1. The molecule has 1 saturated heterocycles. The minimum absolute atomic E-state index is 0.406. The molecule has 0 amide bonds. The summed E-state index contributed by atoms with van der Waals surface area (Å²) in [6.07, 6.45) is 0. The van der Waals surface area contributed by atoms with Crippen molar-refractivity contribution in [1.29, 1.82) is 0 Å². The van der Waals surface area contributed by atoms with E-state index >= 15 is 0 Å². The van der Waals surface area contributed by atoms with E-state index in [-0.39, 0.29) is 0 Å². The highest BCUT2D eigenvalue weighted by Crippen LogP contribution is 2.17. The van der Waals surface area contributed by atoms with Crippen LogP contribution in [0, 0.1) is 0 Å². The zero-order chi connectivity index (χ0) is 10.7. The van der Waals surface area contributed by atoms with Crippen LogP contribution in [0.2, 0.25) is 0 Å². The Morgan fingerprint density at radius 1 is 1.33 bits per heavy atom. The van der Waals surface area contributed by atoms with Crippen molar-refractivity contribution in [3.8, 4) is 5.75 Å². The second-order valence-electron chi connectivity index (χ2n) is 4.02. The van der Waals surface area contributed by atoms with Crippen LogP contribution in [0.3, 0.4) is 0 Å². The standard InChI is InChI=1S/C12H18N2O/c1-9(14-11-7-13-8-11)10-3-5-12(15-2)6-4-10/h3-6,9,11,13-14H,7-8H2,1-2H3/t9-/m0/s1. The molecule has 1 aromatic carbocycles. The smallest absolute Gasteiger partial charge is 0.118 e. The molecule has 2 N–H and O–H groups in total. The lowest BCUT2D eigenvalue weighted by Crippen LogP contribution is -2.55. The second-order valence-corrected chi connectivity index (χ2v) is 4.02. The van der Waals surface area contributed by atoms with Crippen molar-refractivity contribution in [2.45, 2.75) is 19.0 Å².